The second-order valence-corrected chi connectivity index (χ2v) is 4.74. The molecule has 0 saturated carbocycles. The number of amides is 1. The summed E-state index contributed by atoms with van der Waals surface area (Å²) in [4.78, 5) is 24.1. The molecule has 0 radical (unpaired) electrons. The van der Waals surface area contributed by atoms with Crippen LogP contribution in [-0.4, -0.2) is 39.5 Å². The number of aliphatic carboxylic acids is 1. The number of terminal acetylenes is 1. The monoisotopic (exact) mass is 282 g/mol. The van der Waals surface area contributed by atoms with Crippen LogP contribution in [0.5, 0.6) is 0 Å². The molecule has 0 aliphatic carbocycles. The first-order valence-corrected chi connectivity index (χ1v) is 6.06. The quantitative estimate of drug-likeness (QED) is 0.839. The maximum absolute atomic E-state index is 12.3. The fraction of sp³-hybridized carbons (Fsp3) is 0.385. The zero-order chi connectivity index (χ0) is 14.6. The summed E-state index contributed by atoms with van der Waals surface area (Å²) in [5.41, 5.74) is 0.330. The van der Waals surface area contributed by atoms with Crippen LogP contribution >= 0.6 is 11.6 Å². The van der Waals surface area contributed by atoms with Crippen LogP contribution in [0.4, 0.5) is 0 Å². The molecule has 5 nitrogen and oxygen atoms in total. The molecule has 0 unspecified atom stereocenters. The van der Waals surface area contributed by atoms with E-state index in [1.807, 2.05) is 13.8 Å². The molecule has 1 N–H and O–H groups in total. The van der Waals surface area contributed by atoms with Gasteiger partial charge in [0.2, 0.25) is 0 Å². The van der Waals surface area contributed by atoms with Gasteiger partial charge in [-0.05, 0) is 19.9 Å². The van der Waals surface area contributed by atoms with Gasteiger partial charge in [0.15, 0.2) is 0 Å². The van der Waals surface area contributed by atoms with Crippen LogP contribution < -0.4 is 0 Å². The van der Waals surface area contributed by atoms with Crippen LogP contribution in [-0.2, 0) is 4.79 Å². The zero-order valence-electron chi connectivity index (χ0n) is 10.8. The largest absolute Gasteiger partial charge is 0.480 e. The van der Waals surface area contributed by atoms with Gasteiger partial charge in [-0.2, -0.15) is 0 Å². The lowest BCUT2D eigenvalue weighted by Crippen LogP contribution is -2.37. The van der Waals surface area contributed by atoms with Crippen LogP contribution in [0.1, 0.15) is 30.4 Å². The number of carboxylic acid groups (broad SMARTS) is 1. The Hall–Kier alpha value is -1.93. The third-order valence-electron chi connectivity index (χ3n) is 2.49. The van der Waals surface area contributed by atoms with Gasteiger partial charge in [-0.25, -0.2) is 0 Å². The summed E-state index contributed by atoms with van der Waals surface area (Å²) in [5, 5.41) is 9.22. The first-order valence-electron chi connectivity index (χ1n) is 5.68. The van der Waals surface area contributed by atoms with Crippen LogP contribution in [0, 0.1) is 12.3 Å². The Balaban J connectivity index is 3.09. The highest BCUT2D eigenvalue weighted by atomic mass is 35.5. The van der Waals surface area contributed by atoms with E-state index in [4.69, 9.17) is 23.1 Å². The highest BCUT2D eigenvalue weighted by Gasteiger charge is 2.22. The highest BCUT2D eigenvalue weighted by Crippen LogP contribution is 2.20. The molecule has 1 aromatic heterocycles. The number of nitrogens with zero attached hydrogens (tertiary/aromatic N) is 2. The first-order chi connectivity index (χ1) is 8.86. The molecular weight excluding hydrogens is 268 g/mol. The lowest BCUT2D eigenvalue weighted by Gasteiger charge is -2.20. The number of carboxylic acids is 1. The lowest BCUT2D eigenvalue weighted by molar-refractivity contribution is -0.137. The maximum Gasteiger partial charge on any atom is 0.323 e. The molecule has 6 heteroatoms. The third-order valence-corrected chi connectivity index (χ3v) is 2.69. The fourth-order valence-corrected chi connectivity index (χ4v) is 1.89. The predicted octanol–water partition coefficient (Wildman–Crippen LogP) is 1.88. The number of hydrogen-bond donors (Lipinski definition) is 1. The summed E-state index contributed by atoms with van der Waals surface area (Å²) in [6.07, 6.45) is 6.79. The molecule has 0 fully saturated rings. The van der Waals surface area contributed by atoms with E-state index in [2.05, 4.69) is 5.92 Å². The van der Waals surface area contributed by atoms with E-state index in [9.17, 15) is 9.59 Å². The molecule has 0 aliphatic heterocycles. The Morgan fingerprint density at radius 3 is 2.68 bits per heavy atom. The van der Waals surface area contributed by atoms with E-state index in [1.165, 1.54) is 6.07 Å². The third kappa shape index (κ3) is 3.76. The molecule has 1 aromatic rings. The summed E-state index contributed by atoms with van der Waals surface area (Å²) < 4.78 is 1.69. The number of rotatable bonds is 5. The van der Waals surface area contributed by atoms with Crippen molar-refractivity contribution in [3.05, 3.63) is 23.0 Å². The van der Waals surface area contributed by atoms with E-state index in [0.29, 0.717) is 10.7 Å². The van der Waals surface area contributed by atoms with E-state index in [0.717, 1.165) is 4.90 Å². The maximum atomic E-state index is 12.3. The van der Waals surface area contributed by atoms with E-state index in [1.54, 1.807) is 10.8 Å². The van der Waals surface area contributed by atoms with Gasteiger partial charge in [-0.15, -0.1) is 6.42 Å². The molecule has 1 rings (SSSR count). The van der Waals surface area contributed by atoms with Gasteiger partial charge in [0.05, 0.1) is 11.6 Å². The second kappa shape index (κ2) is 6.30. The van der Waals surface area contributed by atoms with Gasteiger partial charge in [0.1, 0.15) is 12.2 Å². The normalized spacial score (nSPS) is 10.3. The van der Waals surface area contributed by atoms with E-state index < -0.39 is 18.4 Å². The standard InChI is InChI=1S/C13H15ClN2O3/c1-4-5-15(8-12(17)18)13(19)11-6-10(14)7-16(11)9(2)3/h1,6-7,9H,5,8H2,2-3H3,(H,17,18). The molecule has 0 aromatic carbocycles. The summed E-state index contributed by atoms with van der Waals surface area (Å²) in [6, 6.07) is 1.54. The van der Waals surface area contributed by atoms with Crippen molar-refractivity contribution in [3.63, 3.8) is 0 Å². The van der Waals surface area contributed by atoms with Crippen LogP contribution in [0.25, 0.3) is 0 Å². The summed E-state index contributed by atoms with van der Waals surface area (Å²) in [6.45, 7) is 3.29. The average molecular weight is 283 g/mol. The molecule has 0 saturated heterocycles. The van der Waals surface area contributed by atoms with Gasteiger partial charge in [0, 0.05) is 12.2 Å². The number of carbonyl (C=O) groups is 2. The summed E-state index contributed by atoms with van der Waals surface area (Å²) >= 11 is 5.89. The van der Waals surface area contributed by atoms with Crippen LogP contribution in [0.2, 0.25) is 5.02 Å². The highest BCUT2D eigenvalue weighted by molar-refractivity contribution is 6.31. The fourth-order valence-electron chi connectivity index (χ4n) is 1.68. The van der Waals surface area contributed by atoms with E-state index in [-0.39, 0.29) is 12.6 Å². The molecule has 0 atom stereocenters. The molecule has 0 spiro atoms. The molecule has 1 amide bonds. The lowest BCUT2D eigenvalue weighted by atomic mass is 10.3. The Bertz CT molecular complexity index is 528. The molecule has 0 bridgehead atoms. The van der Waals surface area contributed by atoms with Crippen molar-refractivity contribution in [2.75, 3.05) is 13.1 Å². The Labute approximate surface area is 116 Å². The Kier molecular flexibility index (Phi) is 5.02. The van der Waals surface area contributed by atoms with E-state index >= 15 is 0 Å². The van der Waals surface area contributed by atoms with Gasteiger partial charge in [-0.3, -0.25) is 9.59 Å². The van der Waals surface area contributed by atoms with Gasteiger partial charge in [0.25, 0.3) is 5.91 Å². The minimum Gasteiger partial charge on any atom is -0.480 e. The van der Waals surface area contributed by atoms with Crippen molar-refractivity contribution in [1.82, 2.24) is 9.47 Å². The smallest absolute Gasteiger partial charge is 0.323 e. The average Bonchev–Trinajstić information content (AvgIpc) is 2.69. The minimum atomic E-state index is -1.11. The molecular formula is C13H15ClN2O3. The topological polar surface area (TPSA) is 62.5 Å². The zero-order valence-corrected chi connectivity index (χ0v) is 11.5. The van der Waals surface area contributed by atoms with Crippen molar-refractivity contribution in [2.45, 2.75) is 19.9 Å². The van der Waals surface area contributed by atoms with Crippen molar-refractivity contribution in [1.29, 1.82) is 0 Å². The van der Waals surface area contributed by atoms with Gasteiger partial charge >= 0.3 is 5.97 Å². The van der Waals surface area contributed by atoms with Gasteiger partial charge in [-0.1, -0.05) is 17.5 Å². The van der Waals surface area contributed by atoms with Crippen molar-refractivity contribution >= 4 is 23.5 Å². The molecule has 19 heavy (non-hydrogen) atoms. The Morgan fingerprint density at radius 2 is 2.21 bits per heavy atom. The summed E-state index contributed by atoms with van der Waals surface area (Å²) in [7, 11) is 0. The first kappa shape index (κ1) is 15.1. The van der Waals surface area contributed by atoms with Crippen molar-refractivity contribution < 1.29 is 14.7 Å². The Morgan fingerprint density at radius 1 is 1.58 bits per heavy atom. The molecule has 0 aliphatic rings. The number of carbonyl (C=O) groups excluding carboxylic acids is 1. The van der Waals surface area contributed by atoms with Crippen LogP contribution in [0.3, 0.4) is 0 Å². The number of hydrogen-bond acceptors (Lipinski definition) is 2. The number of halogens is 1. The predicted molar refractivity (Wildman–Crippen MR) is 72.2 cm³/mol. The van der Waals surface area contributed by atoms with Gasteiger partial charge < -0.3 is 14.6 Å². The molecule has 1 heterocycles. The SMILES string of the molecule is C#CCN(CC(=O)O)C(=O)c1cc(Cl)cn1C(C)C. The van der Waals surface area contributed by atoms with Crippen LogP contribution in [0.15, 0.2) is 12.3 Å². The minimum absolute atomic E-state index is 0.0314. The molecule has 102 valence electrons. The summed E-state index contributed by atoms with van der Waals surface area (Å²) in [5.74, 6) is 0.722. The van der Waals surface area contributed by atoms with Crippen molar-refractivity contribution in [2.24, 2.45) is 0 Å². The second-order valence-electron chi connectivity index (χ2n) is 4.30. The number of aromatic nitrogens is 1. The van der Waals surface area contributed by atoms with Crippen molar-refractivity contribution in [3.8, 4) is 12.3 Å².